The summed E-state index contributed by atoms with van der Waals surface area (Å²) in [7, 11) is 0. The Morgan fingerprint density at radius 3 is 2.59 bits per heavy atom. The Bertz CT molecular complexity index is 960. The normalized spacial score (nSPS) is 15.9. The van der Waals surface area contributed by atoms with Crippen molar-refractivity contribution in [2.45, 2.75) is 12.6 Å². The third kappa shape index (κ3) is 3.98. The number of hydrogen-bond acceptors (Lipinski definition) is 7. The van der Waals surface area contributed by atoms with Crippen molar-refractivity contribution >= 4 is 11.6 Å². The monoisotopic (exact) mass is 360 g/mol. The summed E-state index contributed by atoms with van der Waals surface area (Å²) >= 11 is 0. The molecular formula is C20H20N6O. The maximum Gasteiger partial charge on any atom is 0.131 e. The second-order valence-corrected chi connectivity index (χ2v) is 6.34. The first-order chi connectivity index (χ1) is 13.2. The number of nitrogen functional groups attached to an aromatic ring is 2. The summed E-state index contributed by atoms with van der Waals surface area (Å²) in [5.41, 5.74) is 13.6. The molecule has 1 aromatic heterocycles. The molecule has 0 saturated carbocycles. The van der Waals surface area contributed by atoms with Crippen LogP contribution in [-0.4, -0.2) is 16.5 Å². The van der Waals surface area contributed by atoms with Crippen molar-refractivity contribution < 1.29 is 4.74 Å². The first-order valence-electron chi connectivity index (χ1n) is 8.67. The quantitative estimate of drug-likeness (QED) is 0.717. The number of benzene rings is 2. The summed E-state index contributed by atoms with van der Waals surface area (Å²) in [4.78, 5) is 4.10. The highest BCUT2D eigenvalue weighted by Crippen LogP contribution is 2.30. The minimum Gasteiger partial charge on any atom is -0.457 e. The third-order valence-electron chi connectivity index (χ3n) is 4.28. The molecule has 7 heteroatoms. The van der Waals surface area contributed by atoms with Crippen molar-refractivity contribution in [3.8, 4) is 11.5 Å². The zero-order chi connectivity index (χ0) is 18.6. The Hall–Kier alpha value is -3.61. The molecule has 4 N–H and O–H groups in total. The van der Waals surface area contributed by atoms with E-state index in [1.54, 1.807) is 6.07 Å². The Balaban J connectivity index is 1.42. The predicted octanol–water partition coefficient (Wildman–Crippen LogP) is 3.96. The number of nitrogens with zero attached hydrogens (tertiary/aromatic N) is 4. The Morgan fingerprint density at radius 1 is 0.963 bits per heavy atom. The van der Waals surface area contributed by atoms with E-state index in [1.165, 1.54) is 0 Å². The maximum atomic E-state index is 5.96. The number of ether oxygens (including phenoxy) is 1. The van der Waals surface area contributed by atoms with Crippen LogP contribution in [0.3, 0.4) is 0 Å². The Kier molecular flexibility index (Phi) is 4.57. The second-order valence-electron chi connectivity index (χ2n) is 6.34. The molecule has 0 radical (unpaired) electrons. The van der Waals surface area contributed by atoms with Gasteiger partial charge in [0.2, 0.25) is 0 Å². The van der Waals surface area contributed by atoms with Crippen LogP contribution in [0.15, 0.2) is 77.1 Å². The smallest absolute Gasteiger partial charge is 0.131 e. The van der Waals surface area contributed by atoms with E-state index in [-0.39, 0.29) is 6.04 Å². The van der Waals surface area contributed by atoms with E-state index in [2.05, 4.69) is 15.3 Å². The molecule has 4 rings (SSSR count). The van der Waals surface area contributed by atoms with Gasteiger partial charge in [-0.25, -0.2) is 4.98 Å². The Labute approximate surface area is 157 Å². The molecule has 7 nitrogen and oxygen atoms in total. The fourth-order valence-electron chi connectivity index (χ4n) is 2.99. The van der Waals surface area contributed by atoms with Gasteiger partial charge in [0, 0.05) is 5.56 Å². The molecule has 27 heavy (non-hydrogen) atoms. The molecule has 0 saturated heterocycles. The fourth-order valence-corrected chi connectivity index (χ4v) is 2.99. The summed E-state index contributed by atoms with van der Waals surface area (Å²) < 4.78 is 5.89. The SMILES string of the molecule is Nc1ccc(C2CN(Cc3cccc(Oc4ccccc4)c3)N=N2)c(N)n1. The van der Waals surface area contributed by atoms with Crippen molar-refractivity contribution in [3.05, 3.63) is 77.9 Å². The van der Waals surface area contributed by atoms with Gasteiger partial charge in [-0.1, -0.05) is 35.6 Å². The highest BCUT2D eigenvalue weighted by Gasteiger charge is 2.23. The van der Waals surface area contributed by atoms with Gasteiger partial charge in [-0.2, -0.15) is 5.11 Å². The van der Waals surface area contributed by atoms with E-state index in [9.17, 15) is 0 Å². The molecule has 136 valence electrons. The molecule has 2 aromatic carbocycles. The topological polar surface area (TPSA) is 102 Å². The molecule has 1 aliphatic rings. The molecule has 1 aliphatic heterocycles. The minimum absolute atomic E-state index is 0.137. The van der Waals surface area contributed by atoms with Crippen molar-refractivity contribution in [2.75, 3.05) is 18.0 Å². The minimum atomic E-state index is -0.137. The lowest BCUT2D eigenvalue weighted by atomic mass is 10.1. The number of para-hydroxylation sites is 1. The molecule has 0 bridgehead atoms. The lowest BCUT2D eigenvalue weighted by Gasteiger charge is -2.15. The highest BCUT2D eigenvalue weighted by molar-refractivity contribution is 5.48. The number of aromatic nitrogens is 1. The average Bonchev–Trinajstić information content (AvgIpc) is 3.11. The van der Waals surface area contributed by atoms with Crippen LogP contribution in [0.2, 0.25) is 0 Å². The fraction of sp³-hybridized carbons (Fsp3) is 0.150. The molecule has 2 heterocycles. The summed E-state index contributed by atoms with van der Waals surface area (Å²) in [6, 6.07) is 21.1. The van der Waals surface area contributed by atoms with Crippen LogP contribution in [0.5, 0.6) is 11.5 Å². The van der Waals surface area contributed by atoms with Crippen LogP contribution in [0.4, 0.5) is 11.6 Å². The number of hydrogen-bond donors (Lipinski definition) is 2. The van der Waals surface area contributed by atoms with E-state index in [0.29, 0.717) is 24.7 Å². The van der Waals surface area contributed by atoms with Gasteiger partial charge in [0.1, 0.15) is 29.2 Å². The summed E-state index contributed by atoms with van der Waals surface area (Å²) in [6.45, 7) is 1.27. The lowest BCUT2D eigenvalue weighted by molar-refractivity contribution is 0.300. The van der Waals surface area contributed by atoms with Crippen molar-refractivity contribution in [2.24, 2.45) is 10.3 Å². The van der Waals surface area contributed by atoms with Crippen LogP contribution in [0.1, 0.15) is 17.2 Å². The molecule has 0 aliphatic carbocycles. The van der Waals surface area contributed by atoms with Gasteiger partial charge in [-0.15, -0.1) is 0 Å². The van der Waals surface area contributed by atoms with E-state index < -0.39 is 0 Å². The summed E-state index contributed by atoms with van der Waals surface area (Å²) in [5, 5.41) is 10.5. The number of rotatable bonds is 5. The van der Waals surface area contributed by atoms with Gasteiger partial charge in [-0.05, 0) is 42.0 Å². The van der Waals surface area contributed by atoms with Crippen LogP contribution in [-0.2, 0) is 6.54 Å². The summed E-state index contributed by atoms with van der Waals surface area (Å²) in [6.07, 6.45) is 0. The van der Waals surface area contributed by atoms with Gasteiger partial charge in [0.15, 0.2) is 0 Å². The maximum absolute atomic E-state index is 5.96. The number of nitrogens with two attached hydrogens (primary N) is 2. The molecule has 0 fully saturated rings. The second kappa shape index (κ2) is 7.33. The molecule has 1 unspecified atom stereocenters. The third-order valence-corrected chi connectivity index (χ3v) is 4.28. The van der Waals surface area contributed by atoms with Crippen molar-refractivity contribution in [1.82, 2.24) is 9.99 Å². The van der Waals surface area contributed by atoms with Gasteiger partial charge < -0.3 is 16.2 Å². The van der Waals surface area contributed by atoms with Crippen LogP contribution >= 0.6 is 0 Å². The molecule has 1 atom stereocenters. The molecule has 0 amide bonds. The number of pyridine rings is 1. The summed E-state index contributed by atoms with van der Waals surface area (Å²) in [5.74, 6) is 2.40. The van der Waals surface area contributed by atoms with Crippen LogP contribution in [0, 0.1) is 0 Å². The number of anilines is 2. The van der Waals surface area contributed by atoms with Crippen molar-refractivity contribution in [1.29, 1.82) is 0 Å². The molecule has 3 aromatic rings. The van der Waals surface area contributed by atoms with E-state index >= 15 is 0 Å². The standard InChI is InChI=1S/C20H20N6O/c21-19-10-9-17(20(22)23-19)18-13-26(25-24-18)12-14-5-4-8-16(11-14)27-15-6-2-1-3-7-15/h1-11,18H,12-13H2,(H4,21,22,23). The lowest BCUT2D eigenvalue weighted by Crippen LogP contribution is -2.17. The van der Waals surface area contributed by atoms with Crippen LogP contribution < -0.4 is 16.2 Å². The highest BCUT2D eigenvalue weighted by atomic mass is 16.5. The average molecular weight is 360 g/mol. The van der Waals surface area contributed by atoms with Gasteiger partial charge in [0.25, 0.3) is 0 Å². The first kappa shape index (κ1) is 16.8. The van der Waals surface area contributed by atoms with E-state index in [1.807, 2.05) is 65.7 Å². The largest absolute Gasteiger partial charge is 0.457 e. The zero-order valence-electron chi connectivity index (χ0n) is 14.7. The van der Waals surface area contributed by atoms with Crippen LogP contribution in [0.25, 0.3) is 0 Å². The van der Waals surface area contributed by atoms with Gasteiger partial charge >= 0.3 is 0 Å². The zero-order valence-corrected chi connectivity index (χ0v) is 14.7. The Morgan fingerprint density at radius 2 is 1.78 bits per heavy atom. The van der Waals surface area contributed by atoms with Gasteiger partial charge in [0.05, 0.1) is 13.1 Å². The predicted molar refractivity (Wildman–Crippen MR) is 104 cm³/mol. The van der Waals surface area contributed by atoms with E-state index in [4.69, 9.17) is 16.2 Å². The van der Waals surface area contributed by atoms with Gasteiger partial charge in [-0.3, -0.25) is 5.01 Å². The van der Waals surface area contributed by atoms with E-state index in [0.717, 1.165) is 22.6 Å². The van der Waals surface area contributed by atoms with Crippen molar-refractivity contribution in [3.63, 3.8) is 0 Å². The first-order valence-corrected chi connectivity index (χ1v) is 8.67. The molecule has 0 spiro atoms. The molecular weight excluding hydrogens is 340 g/mol.